The monoisotopic (exact) mass is 320 g/mol. The molecule has 2 nitrogen and oxygen atoms in total. The SMILES string of the molecule is CCOC1CC(c2ccccc2C=C(C)C)=C(c2ccccc2)O1. The van der Waals surface area contributed by atoms with Crippen LogP contribution in [0.2, 0.25) is 0 Å². The van der Waals surface area contributed by atoms with Gasteiger partial charge >= 0.3 is 0 Å². The van der Waals surface area contributed by atoms with E-state index in [2.05, 4.69) is 56.3 Å². The Labute approximate surface area is 144 Å². The Hall–Kier alpha value is -2.32. The number of allylic oxidation sites excluding steroid dienone is 1. The van der Waals surface area contributed by atoms with Gasteiger partial charge in [-0.2, -0.15) is 0 Å². The molecule has 1 heterocycles. The van der Waals surface area contributed by atoms with Gasteiger partial charge in [0.05, 0.1) is 0 Å². The minimum Gasteiger partial charge on any atom is -0.464 e. The molecule has 1 unspecified atom stereocenters. The van der Waals surface area contributed by atoms with Crippen LogP contribution in [0.1, 0.15) is 43.9 Å². The first-order valence-corrected chi connectivity index (χ1v) is 8.50. The highest BCUT2D eigenvalue weighted by molar-refractivity contribution is 5.92. The third-order valence-electron chi connectivity index (χ3n) is 4.01. The van der Waals surface area contributed by atoms with E-state index in [1.165, 1.54) is 22.3 Å². The van der Waals surface area contributed by atoms with Crippen LogP contribution in [0.5, 0.6) is 0 Å². The van der Waals surface area contributed by atoms with Crippen molar-refractivity contribution in [2.24, 2.45) is 0 Å². The largest absolute Gasteiger partial charge is 0.464 e. The Morgan fingerprint density at radius 3 is 2.50 bits per heavy atom. The van der Waals surface area contributed by atoms with Gasteiger partial charge in [-0.25, -0.2) is 0 Å². The van der Waals surface area contributed by atoms with Gasteiger partial charge in [0.25, 0.3) is 0 Å². The van der Waals surface area contributed by atoms with E-state index in [-0.39, 0.29) is 6.29 Å². The van der Waals surface area contributed by atoms with Gasteiger partial charge < -0.3 is 9.47 Å². The van der Waals surface area contributed by atoms with Crippen LogP contribution in [0.25, 0.3) is 17.4 Å². The predicted molar refractivity (Wildman–Crippen MR) is 100 cm³/mol. The van der Waals surface area contributed by atoms with E-state index in [1.54, 1.807) is 0 Å². The van der Waals surface area contributed by atoms with Gasteiger partial charge in [0.1, 0.15) is 5.76 Å². The molecular weight excluding hydrogens is 296 g/mol. The zero-order chi connectivity index (χ0) is 16.9. The first-order valence-electron chi connectivity index (χ1n) is 8.50. The molecule has 1 aliphatic heterocycles. The van der Waals surface area contributed by atoms with Crippen molar-refractivity contribution in [1.29, 1.82) is 0 Å². The smallest absolute Gasteiger partial charge is 0.204 e. The number of rotatable bonds is 5. The number of hydrogen-bond acceptors (Lipinski definition) is 2. The van der Waals surface area contributed by atoms with E-state index in [4.69, 9.17) is 9.47 Å². The highest BCUT2D eigenvalue weighted by Gasteiger charge is 2.28. The molecule has 1 atom stereocenters. The fourth-order valence-electron chi connectivity index (χ4n) is 3.06. The molecule has 3 rings (SSSR count). The van der Waals surface area contributed by atoms with Crippen LogP contribution < -0.4 is 0 Å². The molecule has 0 fully saturated rings. The van der Waals surface area contributed by atoms with Gasteiger partial charge in [-0.05, 0) is 31.9 Å². The second kappa shape index (κ2) is 7.50. The van der Waals surface area contributed by atoms with E-state index in [0.29, 0.717) is 6.61 Å². The number of hydrogen-bond donors (Lipinski definition) is 0. The molecule has 0 aliphatic carbocycles. The van der Waals surface area contributed by atoms with E-state index in [1.807, 2.05) is 25.1 Å². The third-order valence-corrected chi connectivity index (χ3v) is 4.01. The van der Waals surface area contributed by atoms with Crippen molar-refractivity contribution < 1.29 is 9.47 Å². The topological polar surface area (TPSA) is 18.5 Å². The summed E-state index contributed by atoms with van der Waals surface area (Å²) in [5.41, 5.74) is 6.04. The average molecular weight is 320 g/mol. The lowest BCUT2D eigenvalue weighted by Gasteiger charge is -2.12. The quantitative estimate of drug-likeness (QED) is 0.697. The van der Waals surface area contributed by atoms with Crippen LogP contribution >= 0.6 is 0 Å². The molecule has 24 heavy (non-hydrogen) atoms. The van der Waals surface area contributed by atoms with Gasteiger partial charge in [0, 0.05) is 24.2 Å². The molecule has 0 saturated heterocycles. The highest BCUT2D eigenvalue weighted by atomic mass is 16.7. The highest BCUT2D eigenvalue weighted by Crippen LogP contribution is 2.40. The standard InChI is InChI=1S/C22H24O2/c1-4-23-21-15-20(22(24-21)17-10-6-5-7-11-17)19-13-9-8-12-18(19)14-16(2)3/h5-14,21H,4,15H2,1-3H3. The summed E-state index contributed by atoms with van der Waals surface area (Å²) in [6.07, 6.45) is 2.78. The van der Waals surface area contributed by atoms with Gasteiger partial charge in [-0.1, -0.05) is 66.2 Å². The summed E-state index contributed by atoms with van der Waals surface area (Å²) < 4.78 is 11.9. The maximum Gasteiger partial charge on any atom is 0.204 e. The Balaban J connectivity index is 2.10. The minimum absolute atomic E-state index is 0.208. The van der Waals surface area contributed by atoms with Crippen molar-refractivity contribution in [3.63, 3.8) is 0 Å². The molecule has 2 heteroatoms. The molecule has 124 valence electrons. The van der Waals surface area contributed by atoms with Crippen molar-refractivity contribution in [2.45, 2.75) is 33.5 Å². The molecular formula is C22H24O2. The molecule has 0 amide bonds. The predicted octanol–water partition coefficient (Wildman–Crippen LogP) is 5.76. The molecule has 0 spiro atoms. The molecule has 2 aromatic carbocycles. The lowest BCUT2D eigenvalue weighted by Crippen LogP contribution is -2.11. The van der Waals surface area contributed by atoms with E-state index in [0.717, 1.165) is 17.7 Å². The summed E-state index contributed by atoms with van der Waals surface area (Å²) in [5, 5.41) is 0. The van der Waals surface area contributed by atoms with Crippen LogP contribution in [-0.4, -0.2) is 12.9 Å². The number of benzene rings is 2. The Bertz CT molecular complexity index is 753. The van der Waals surface area contributed by atoms with Gasteiger partial charge in [0.15, 0.2) is 0 Å². The van der Waals surface area contributed by atoms with Gasteiger partial charge in [-0.15, -0.1) is 0 Å². The van der Waals surface area contributed by atoms with Crippen LogP contribution in [0.3, 0.4) is 0 Å². The minimum atomic E-state index is -0.208. The van der Waals surface area contributed by atoms with Crippen molar-refractivity contribution >= 4 is 17.4 Å². The van der Waals surface area contributed by atoms with Crippen LogP contribution in [-0.2, 0) is 9.47 Å². The molecule has 0 saturated carbocycles. The van der Waals surface area contributed by atoms with Crippen molar-refractivity contribution in [3.05, 3.63) is 76.9 Å². The molecule has 0 bridgehead atoms. The summed E-state index contributed by atoms with van der Waals surface area (Å²) in [4.78, 5) is 0. The molecule has 0 aromatic heterocycles. The van der Waals surface area contributed by atoms with E-state index in [9.17, 15) is 0 Å². The molecule has 2 aromatic rings. The summed E-state index contributed by atoms with van der Waals surface area (Å²) in [5.74, 6) is 0.934. The molecule has 0 radical (unpaired) electrons. The third kappa shape index (κ3) is 3.60. The van der Waals surface area contributed by atoms with Gasteiger partial charge in [-0.3, -0.25) is 0 Å². The van der Waals surface area contributed by atoms with Crippen molar-refractivity contribution in [2.75, 3.05) is 6.61 Å². The average Bonchev–Trinajstić information content (AvgIpc) is 3.00. The van der Waals surface area contributed by atoms with E-state index >= 15 is 0 Å². The fourth-order valence-corrected chi connectivity index (χ4v) is 3.06. The molecule has 1 aliphatic rings. The summed E-state index contributed by atoms with van der Waals surface area (Å²) in [6.45, 7) is 6.89. The second-order valence-corrected chi connectivity index (χ2v) is 6.19. The lowest BCUT2D eigenvalue weighted by atomic mass is 9.94. The summed E-state index contributed by atoms with van der Waals surface area (Å²) in [6, 6.07) is 18.8. The Morgan fingerprint density at radius 2 is 1.79 bits per heavy atom. The maximum absolute atomic E-state index is 6.15. The van der Waals surface area contributed by atoms with Crippen molar-refractivity contribution in [1.82, 2.24) is 0 Å². The Morgan fingerprint density at radius 1 is 1.08 bits per heavy atom. The van der Waals surface area contributed by atoms with Crippen LogP contribution in [0.4, 0.5) is 0 Å². The molecule has 0 N–H and O–H groups in total. The zero-order valence-corrected chi connectivity index (χ0v) is 14.6. The van der Waals surface area contributed by atoms with Crippen molar-refractivity contribution in [3.8, 4) is 0 Å². The normalized spacial score (nSPS) is 16.9. The summed E-state index contributed by atoms with van der Waals surface area (Å²) in [7, 11) is 0. The summed E-state index contributed by atoms with van der Waals surface area (Å²) >= 11 is 0. The van der Waals surface area contributed by atoms with Crippen LogP contribution in [0.15, 0.2) is 60.2 Å². The maximum atomic E-state index is 6.15. The number of ether oxygens (including phenoxy) is 2. The Kier molecular flexibility index (Phi) is 5.17. The lowest BCUT2D eigenvalue weighted by molar-refractivity contribution is -0.0784. The zero-order valence-electron chi connectivity index (χ0n) is 14.6. The first-order chi connectivity index (χ1) is 11.7. The second-order valence-electron chi connectivity index (χ2n) is 6.19. The first kappa shape index (κ1) is 16.5. The van der Waals surface area contributed by atoms with E-state index < -0.39 is 0 Å². The van der Waals surface area contributed by atoms with Gasteiger partial charge in [0.2, 0.25) is 6.29 Å². The van der Waals surface area contributed by atoms with Crippen LogP contribution in [0, 0.1) is 0 Å². The fraction of sp³-hybridized carbons (Fsp3) is 0.273.